The van der Waals surface area contributed by atoms with E-state index in [4.69, 9.17) is 5.73 Å². The number of nitrogens with zero attached hydrogens (tertiary/aromatic N) is 2. The number of rotatable bonds is 2. The second-order valence-electron chi connectivity index (χ2n) is 6.58. The number of benzene rings is 1. The van der Waals surface area contributed by atoms with E-state index in [2.05, 4.69) is 4.98 Å². The third-order valence-electron chi connectivity index (χ3n) is 3.75. The molecule has 2 N–H and O–H groups in total. The van der Waals surface area contributed by atoms with Crippen molar-refractivity contribution in [2.75, 3.05) is 5.73 Å². The second kappa shape index (κ2) is 4.55. The van der Waals surface area contributed by atoms with Crippen molar-refractivity contribution in [3.8, 4) is 11.3 Å². The smallest absolute Gasteiger partial charge is 0.135 e. The highest BCUT2D eigenvalue weighted by Crippen LogP contribution is 2.44. The van der Waals surface area contributed by atoms with Crippen molar-refractivity contribution in [2.24, 2.45) is 0 Å². The summed E-state index contributed by atoms with van der Waals surface area (Å²) in [7, 11) is 0. The van der Waals surface area contributed by atoms with E-state index < -0.39 is 11.6 Å². The molecule has 0 radical (unpaired) electrons. The van der Waals surface area contributed by atoms with Crippen LogP contribution in [0.1, 0.15) is 45.4 Å². The van der Waals surface area contributed by atoms with Gasteiger partial charge in [-0.2, -0.15) is 0 Å². The van der Waals surface area contributed by atoms with Crippen LogP contribution in [0.4, 0.5) is 14.6 Å². The average molecular weight is 291 g/mol. The number of halogens is 2. The predicted molar refractivity (Wildman–Crippen MR) is 79.0 cm³/mol. The number of hydrogen-bond donors (Lipinski definition) is 1. The second-order valence-corrected chi connectivity index (χ2v) is 6.58. The van der Waals surface area contributed by atoms with Crippen molar-refractivity contribution in [1.29, 1.82) is 0 Å². The Hall–Kier alpha value is -1.91. The first-order valence-corrected chi connectivity index (χ1v) is 7.13. The highest BCUT2D eigenvalue weighted by Gasteiger charge is 2.35. The lowest BCUT2D eigenvalue weighted by atomic mass is 10.1. The van der Waals surface area contributed by atoms with Crippen molar-refractivity contribution in [1.82, 2.24) is 9.55 Å². The third kappa shape index (κ3) is 2.30. The summed E-state index contributed by atoms with van der Waals surface area (Å²) < 4.78 is 30.0. The Bertz CT molecular complexity index is 674. The summed E-state index contributed by atoms with van der Waals surface area (Å²) in [5.74, 6) is 0.228. The Morgan fingerprint density at radius 3 is 2.24 bits per heavy atom. The minimum atomic E-state index is -0.636. The van der Waals surface area contributed by atoms with Crippen LogP contribution in [0.15, 0.2) is 18.2 Å². The van der Waals surface area contributed by atoms with Gasteiger partial charge in [-0.05, 0) is 45.7 Å². The molecule has 3 nitrogen and oxygen atoms in total. The van der Waals surface area contributed by atoms with E-state index >= 15 is 0 Å². The Morgan fingerprint density at radius 2 is 1.76 bits per heavy atom. The van der Waals surface area contributed by atoms with E-state index in [9.17, 15) is 8.78 Å². The molecular formula is C16H19F2N3. The van der Waals surface area contributed by atoms with Gasteiger partial charge >= 0.3 is 0 Å². The lowest BCUT2D eigenvalue weighted by molar-refractivity contribution is 0.388. The quantitative estimate of drug-likeness (QED) is 0.907. The summed E-state index contributed by atoms with van der Waals surface area (Å²) in [6.45, 7) is 6.04. The summed E-state index contributed by atoms with van der Waals surface area (Å²) in [6.07, 6.45) is 2.09. The van der Waals surface area contributed by atoms with E-state index in [1.807, 2.05) is 25.3 Å². The molecule has 5 heteroatoms. The Morgan fingerprint density at radius 1 is 1.19 bits per heavy atom. The van der Waals surface area contributed by atoms with Gasteiger partial charge in [-0.3, -0.25) is 0 Å². The van der Waals surface area contributed by atoms with E-state index in [1.54, 1.807) is 0 Å². The van der Waals surface area contributed by atoms with E-state index in [-0.39, 0.29) is 16.8 Å². The molecule has 1 saturated carbocycles. The number of anilines is 1. The molecule has 112 valence electrons. The number of imidazole rings is 1. The maximum absolute atomic E-state index is 14.0. The van der Waals surface area contributed by atoms with Gasteiger partial charge in [0.05, 0.1) is 5.56 Å². The molecule has 0 amide bonds. The van der Waals surface area contributed by atoms with Crippen molar-refractivity contribution in [3.05, 3.63) is 35.7 Å². The van der Waals surface area contributed by atoms with Crippen molar-refractivity contribution in [3.63, 3.8) is 0 Å². The molecule has 0 saturated heterocycles. The molecule has 1 fully saturated rings. The molecule has 1 aliphatic carbocycles. The summed E-state index contributed by atoms with van der Waals surface area (Å²) in [4.78, 5) is 4.49. The Kier molecular flexibility index (Phi) is 3.04. The molecule has 21 heavy (non-hydrogen) atoms. The highest BCUT2D eigenvalue weighted by atomic mass is 19.1. The monoisotopic (exact) mass is 291 g/mol. The van der Waals surface area contributed by atoms with Gasteiger partial charge in [-0.1, -0.05) is 6.07 Å². The SMILES string of the molecule is CC(C)(C)n1c(C2CC2)nc(-c2c(F)cccc2F)c1N. The van der Waals surface area contributed by atoms with Gasteiger partial charge in [0, 0.05) is 11.5 Å². The molecule has 0 aliphatic heterocycles. The third-order valence-corrected chi connectivity index (χ3v) is 3.75. The number of aromatic nitrogens is 2. The van der Waals surface area contributed by atoms with Gasteiger partial charge in [-0.25, -0.2) is 13.8 Å². The standard InChI is InChI=1S/C16H19F2N3/c1-16(2,3)21-14(19)13(20-15(21)9-7-8-9)12-10(17)5-4-6-11(12)18/h4-6,9H,7-8,19H2,1-3H3. The fourth-order valence-electron chi connectivity index (χ4n) is 2.68. The number of hydrogen-bond acceptors (Lipinski definition) is 2. The van der Waals surface area contributed by atoms with Gasteiger partial charge in [0.2, 0.25) is 0 Å². The van der Waals surface area contributed by atoms with Crippen LogP contribution in [0.3, 0.4) is 0 Å². The van der Waals surface area contributed by atoms with Crippen LogP contribution in [0.2, 0.25) is 0 Å². The van der Waals surface area contributed by atoms with Crippen LogP contribution in [0.25, 0.3) is 11.3 Å². The zero-order valence-electron chi connectivity index (χ0n) is 12.5. The maximum atomic E-state index is 14.0. The minimum absolute atomic E-state index is 0.139. The van der Waals surface area contributed by atoms with Gasteiger partial charge < -0.3 is 10.3 Å². The van der Waals surface area contributed by atoms with Gasteiger partial charge in [0.25, 0.3) is 0 Å². The first-order valence-electron chi connectivity index (χ1n) is 7.13. The molecule has 1 aromatic carbocycles. The number of nitrogens with two attached hydrogens (primary N) is 1. The van der Waals surface area contributed by atoms with Gasteiger partial charge in [0.1, 0.15) is 29.0 Å². The Balaban J connectivity index is 2.25. The van der Waals surface area contributed by atoms with Crippen LogP contribution >= 0.6 is 0 Å². The fraction of sp³-hybridized carbons (Fsp3) is 0.438. The van der Waals surface area contributed by atoms with E-state index in [0.717, 1.165) is 18.7 Å². The summed E-state index contributed by atoms with van der Waals surface area (Å²) in [5, 5.41) is 0. The molecule has 1 aliphatic rings. The fourth-order valence-corrected chi connectivity index (χ4v) is 2.68. The average Bonchev–Trinajstić information content (AvgIpc) is 3.13. The molecule has 1 aromatic heterocycles. The largest absolute Gasteiger partial charge is 0.383 e. The van der Waals surface area contributed by atoms with Crippen molar-refractivity contribution < 1.29 is 8.78 Å². The molecule has 0 spiro atoms. The predicted octanol–water partition coefficient (Wildman–Crippen LogP) is 4.04. The molecule has 0 atom stereocenters. The van der Waals surface area contributed by atoms with Crippen LogP contribution < -0.4 is 5.73 Å². The topological polar surface area (TPSA) is 43.8 Å². The van der Waals surface area contributed by atoms with Crippen LogP contribution in [0.5, 0.6) is 0 Å². The molecule has 0 unspecified atom stereocenters. The van der Waals surface area contributed by atoms with Crippen LogP contribution in [0, 0.1) is 11.6 Å². The molecule has 3 rings (SSSR count). The van der Waals surface area contributed by atoms with Gasteiger partial charge in [0.15, 0.2) is 0 Å². The first kappa shape index (κ1) is 14.0. The Labute approximate surface area is 122 Å². The van der Waals surface area contributed by atoms with Gasteiger partial charge in [-0.15, -0.1) is 0 Å². The summed E-state index contributed by atoms with van der Waals surface area (Å²) in [5.41, 5.74) is 5.98. The molecule has 2 aromatic rings. The van der Waals surface area contributed by atoms with Crippen LogP contribution in [-0.2, 0) is 5.54 Å². The molecule has 0 bridgehead atoms. The van der Waals surface area contributed by atoms with Crippen molar-refractivity contribution in [2.45, 2.75) is 45.1 Å². The van der Waals surface area contributed by atoms with E-state index in [1.165, 1.54) is 18.2 Å². The summed E-state index contributed by atoms with van der Waals surface area (Å²) in [6, 6.07) is 3.79. The highest BCUT2D eigenvalue weighted by molar-refractivity contribution is 5.72. The van der Waals surface area contributed by atoms with Crippen LogP contribution in [-0.4, -0.2) is 9.55 Å². The lowest BCUT2D eigenvalue weighted by Gasteiger charge is -2.25. The summed E-state index contributed by atoms with van der Waals surface area (Å²) >= 11 is 0. The molecule has 1 heterocycles. The normalized spacial score (nSPS) is 15.5. The maximum Gasteiger partial charge on any atom is 0.135 e. The zero-order valence-corrected chi connectivity index (χ0v) is 12.5. The van der Waals surface area contributed by atoms with E-state index in [0.29, 0.717) is 11.7 Å². The zero-order chi connectivity index (χ0) is 15.4. The minimum Gasteiger partial charge on any atom is -0.383 e. The lowest BCUT2D eigenvalue weighted by Crippen LogP contribution is -2.25. The first-order chi connectivity index (χ1) is 9.80. The number of nitrogen functional groups attached to an aromatic ring is 1. The van der Waals surface area contributed by atoms with Crippen molar-refractivity contribution >= 4 is 5.82 Å². The molecular weight excluding hydrogens is 272 g/mol.